The number of aromatic nitrogens is 2. The van der Waals surface area contributed by atoms with Gasteiger partial charge in [-0.15, -0.1) is 0 Å². The van der Waals surface area contributed by atoms with Gasteiger partial charge in [0.1, 0.15) is 0 Å². The zero-order valence-electron chi connectivity index (χ0n) is 12.2. The summed E-state index contributed by atoms with van der Waals surface area (Å²) < 4.78 is 3.63. The minimum atomic E-state index is 0.0583. The second-order valence-corrected chi connectivity index (χ2v) is 5.36. The van der Waals surface area contributed by atoms with E-state index in [-0.39, 0.29) is 5.69 Å². The van der Waals surface area contributed by atoms with Crippen LogP contribution in [-0.2, 0) is 13.1 Å². The van der Waals surface area contributed by atoms with Crippen LogP contribution < -0.4 is 16.3 Å². The number of nitrogens with zero attached hydrogens (tertiary/aromatic N) is 3. The SMILES string of the molecule is CCn1c(=O)n(CC)c2cc(N3CCCC3)c(N)cc21. The van der Waals surface area contributed by atoms with Gasteiger partial charge in [-0.25, -0.2) is 4.79 Å². The zero-order chi connectivity index (χ0) is 14.3. The largest absolute Gasteiger partial charge is 0.397 e. The molecule has 2 N–H and O–H groups in total. The number of fused-ring (bicyclic) bond motifs is 1. The second kappa shape index (κ2) is 4.89. The highest BCUT2D eigenvalue weighted by molar-refractivity contribution is 5.88. The van der Waals surface area contributed by atoms with Crippen LogP contribution in [0.3, 0.4) is 0 Å². The summed E-state index contributed by atoms with van der Waals surface area (Å²) in [5, 5.41) is 0. The highest BCUT2D eigenvalue weighted by Gasteiger charge is 2.19. The molecule has 0 saturated carbocycles. The van der Waals surface area contributed by atoms with E-state index >= 15 is 0 Å². The van der Waals surface area contributed by atoms with E-state index in [4.69, 9.17) is 5.73 Å². The molecule has 5 heteroatoms. The third kappa shape index (κ3) is 1.80. The predicted octanol–water partition coefficient (Wildman–Crippen LogP) is 2.03. The van der Waals surface area contributed by atoms with Gasteiger partial charge in [0.05, 0.1) is 22.4 Å². The average molecular weight is 274 g/mol. The molecule has 1 aromatic heterocycles. The Balaban J connectivity index is 2.26. The van der Waals surface area contributed by atoms with Crippen LogP contribution >= 0.6 is 0 Å². The summed E-state index contributed by atoms with van der Waals surface area (Å²) in [6.45, 7) is 7.47. The van der Waals surface area contributed by atoms with Crippen molar-refractivity contribution in [2.75, 3.05) is 23.7 Å². The highest BCUT2D eigenvalue weighted by Crippen LogP contribution is 2.31. The van der Waals surface area contributed by atoms with Crippen molar-refractivity contribution in [1.29, 1.82) is 0 Å². The van der Waals surface area contributed by atoms with Crippen LogP contribution in [-0.4, -0.2) is 22.2 Å². The van der Waals surface area contributed by atoms with Crippen LogP contribution in [0.4, 0.5) is 11.4 Å². The number of benzene rings is 1. The lowest BCUT2D eigenvalue weighted by Gasteiger charge is -2.20. The molecule has 2 heterocycles. The van der Waals surface area contributed by atoms with Gasteiger partial charge in [0.2, 0.25) is 0 Å². The molecule has 5 nitrogen and oxygen atoms in total. The van der Waals surface area contributed by atoms with Crippen molar-refractivity contribution in [3.8, 4) is 0 Å². The quantitative estimate of drug-likeness (QED) is 0.871. The van der Waals surface area contributed by atoms with Crippen LogP contribution in [0.1, 0.15) is 26.7 Å². The van der Waals surface area contributed by atoms with Crippen molar-refractivity contribution < 1.29 is 0 Å². The van der Waals surface area contributed by atoms with Crippen LogP contribution in [0.25, 0.3) is 11.0 Å². The molecule has 0 atom stereocenters. The number of anilines is 2. The Hall–Kier alpha value is -1.91. The zero-order valence-corrected chi connectivity index (χ0v) is 12.2. The molecule has 1 fully saturated rings. The Labute approximate surface area is 118 Å². The first-order valence-electron chi connectivity index (χ1n) is 7.44. The van der Waals surface area contributed by atoms with Crippen molar-refractivity contribution in [3.63, 3.8) is 0 Å². The lowest BCUT2D eigenvalue weighted by molar-refractivity contribution is 0.671. The minimum absolute atomic E-state index is 0.0583. The van der Waals surface area contributed by atoms with E-state index in [1.807, 2.05) is 24.5 Å². The van der Waals surface area contributed by atoms with E-state index < -0.39 is 0 Å². The van der Waals surface area contributed by atoms with Crippen LogP contribution in [0.5, 0.6) is 0 Å². The molecule has 1 aliphatic rings. The molecule has 108 valence electrons. The van der Waals surface area contributed by atoms with Crippen molar-refractivity contribution >= 4 is 22.4 Å². The maximum atomic E-state index is 12.4. The predicted molar refractivity (Wildman–Crippen MR) is 83.4 cm³/mol. The molecule has 0 aliphatic carbocycles. The molecule has 0 unspecified atom stereocenters. The Morgan fingerprint density at radius 1 is 1.05 bits per heavy atom. The molecular weight excluding hydrogens is 252 g/mol. The van der Waals surface area contributed by atoms with E-state index in [0.717, 1.165) is 35.5 Å². The average Bonchev–Trinajstić information content (AvgIpc) is 3.03. The van der Waals surface area contributed by atoms with Gasteiger partial charge in [-0.05, 0) is 38.8 Å². The summed E-state index contributed by atoms with van der Waals surface area (Å²) in [5.74, 6) is 0. The van der Waals surface area contributed by atoms with Gasteiger partial charge in [0.15, 0.2) is 0 Å². The van der Waals surface area contributed by atoms with E-state index in [9.17, 15) is 4.79 Å². The molecule has 0 bridgehead atoms. The van der Waals surface area contributed by atoms with Gasteiger partial charge in [0, 0.05) is 26.2 Å². The Kier molecular flexibility index (Phi) is 3.20. The Morgan fingerprint density at radius 2 is 1.60 bits per heavy atom. The van der Waals surface area contributed by atoms with Crippen molar-refractivity contribution in [3.05, 3.63) is 22.6 Å². The fourth-order valence-corrected chi connectivity index (χ4v) is 3.21. The van der Waals surface area contributed by atoms with Crippen LogP contribution in [0.2, 0.25) is 0 Å². The normalized spacial score (nSPS) is 15.4. The topological polar surface area (TPSA) is 56.2 Å². The third-order valence-corrected chi connectivity index (χ3v) is 4.25. The number of nitrogen functional groups attached to an aromatic ring is 1. The van der Waals surface area contributed by atoms with Gasteiger partial charge in [-0.1, -0.05) is 0 Å². The maximum absolute atomic E-state index is 12.4. The molecule has 1 aromatic carbocycles. The lowest BCUT2D eigenvalue weighted by atomic mass is 10.2. The van der Waals surface area contributed by atoms with E-state index in [1.54, 1.807) is 4.57 Å². The first-order chi connectivity index (χ1) is 9.67. The van der Waals surface area contributed by atoms with Gasteiger partial charge >= 0.3 is 5.69 Å². The fraction of sp³-hybridized carbons (Fsp3) is 0.533. The Bertz CT molecular complexity index is 692. The van der Waals surface area contributed by atoms with Crippen LogP contribution in [0.15, 0.2) is 16.9 Å². The summed E-state index contributed by atoms with van der Waals surface area (Å²) >= 11 is 0. The van der Waals surface area contributed by atoms with Gasteiger partial charge < -0.3 is 10.6 Å². The highest BCUT2D eigenvalue weighted by atomic mass is 16.1. The van der Waals surface area contributed by atoms with Gasteiger partial charge in [0.25, 0.3) is 0 Å². The van der Waals surface area contributed by atoms with E-state index in [2.05, 4.69) is 11.0 Å². The van der Waals surface area contributed by atoms with Gasteiger partial charge in [-0.3, -0.25) is 9.13 Å². The summed E-state index contributed by atoms with van der Waals surface area (Å²) in [5.41, 5.74) is 10.1. The van der Waals surface area contributed by atoms with E-state index in [1.165, 1.54) is 12.8 Å². The smallest absolute Gasteiger partial charge is 0.329 e. The van der Waals surface area contributed by atoms with Crippen molar-refractivity contribution in [2.45, 2.75) is 39.8 Å². The molecule has 0 spiro atoms. The number of hydrogen-bond acceptors (Lipinski definition) is 3. The van der Waals surface area contributed by atoms with Crippen molar-refractivity contribution in [2.24, 2.45) is 0 Å². The fourth-order valence-electron chi connectivity index (χ4n) is 3.21. The summed E-state index contributed by atoms with van der Waals surface area (Å²) in [6.07, 6.45) is 2.43. The number of aryl methyl sites for hydroxylation is 2. The lowest BCUT2D eigenvalue weighted by Crippen LogP contribution is -2.23. The maximum Gasteiger partial charge on any atom is 0.329 e. The van der Waals surface area contributed by atoms with E-state index in [0.29, 0.717) is 13.1 Å². The summed E-state index contributed by atoms with van der Waals surface area (Å²) in [7, 11) is 0. The molecule has 20 heavy (non-hydrogen) atoms. The third-order valence-electron chi connectivity index (χ3n) is 4.25. The molecular formula is C15H22N4O. The first kappa shape index (κ1) is 13.1. The van der Waals surface area contributed by atoms with Crippen molar-refractivity contribution in [1.82, 2.24) is 9.13 Å². The number of imidazole rings is 1. The number of rotatable bonds is 3. The molecule has 0 radical (unpaired) electrons. The molecule has 0 amide bonds. The Morgan fingerprint density at radius 3 is 2.15 bits per heavy atom. The number of hydrogen-bond donors (Lipinski definition) is 1. The molecule has 3 rings (SSSR count). The summed E-state index contributed by atoms with van der Waals surface area (Å²) in [6, 6.07) is 4.05. The monoisotopic (exact) mass is 274 g/mol. The molecule has 2 aromatic rings. The standard InChI is InChI=1S/C15H22N4O/c1-3-18-13-9-11(16)12(17-7-5-6-8-17)10-14(13)19(4-2)15(18)20/h9-10H,3-8,16H2,1-2H3. The van der Waals surface area contributed by atoms with Gasteiger partial charge in [-0.2, -0.15) is 0 Å². The number of nitrogens with two attached hydrogens (primary N) is 1. The molecule has 1 saturated heterocycles. The van der Waals surface area contributed by atoms with Crippen LogP contribution in [0, 0.1) is 0 Å². The second-order valence-electron chi connectivity index (χ2n) is 5.36. The molecule has 1 aliphatic heterocycles. The summed E-state index contributed by atoms with van der Waals surface area (Å²) in [4.78, 5) is 14.7. The minimum Gasteiger partial charge on any atom is -0.397 e. The first-order valence-corrected chi connectivity index (χ1v) is 7.44.